The normalized spacial score (nSPS) is 16.2. The van der Waals surface area contributed by atoms with E-state index in [1.807, 2.05) is 24.3 Å². The fraction of sp³-hybridized carbons (Fsp3) is 0.381. The number of hydrogen-bond donors (Lipinski definition) is 1. The van der Waals surface area contributed by atoms with Crippen molar-refractivity contribution in [1.82, 2.24) is 14.2 Å². The number of ether oxygens (including phenoxy) is 1. The van der Waals surface area contributed by atoms with Gasteiger partial charge in [-0.2, -0.15) is 0 Å². The number of sulfonamides is 1. The molecule has 2 heterocycles. The number of methoxy groups -OCH3 is 1. The Morgan fingerprint density at radius 1 is 1.17 bits per heavy atom. The zero-order chi connectivity index (χ0) is 21.3. The third-order valence-electron chi connectivity index (χ3n) is 5.60. The number of likely N-dealkylation sites (tertiary alicyclic amines) is 1. The predicted octanol–water partition coefficient (Wildman–Crippen LogP) is 2.26. The molecule has 4 rings (SSSR count). The summed E-state index contributed by atoms with van der Waals surface area (Å²) in [5.74, 6) is 0.212. The van der Waals surface area contributed by atoms with Crippen molar-refractivity contribution in [2.75, 3.05) is 26.7 Å². The van der Waals surface area contributed by atoms with Gasteiger partial charge in [-0.25, -0.2) is 17.9 Å². The number of oxazole rings is 1. The Kier molecular flexibility index (Phi) is 5.68. The fourth-order valence-corrected chi connectivity index (χ4v) is 4.97. The summed E-state index contributed by atoms with van der Waals surface area (Å²) >= 11 is 0. The van der Waals surface area contributed by atoms with E-state index in [-0.39, 0.29) is 23.1 Å². The van der Waals surface area contributed by atoms with Crippen LogP contribution in [0.5, 0.6) is 5.75 Å². The number of fused-ring (bicyclic) bond motifs is 1. The maximum absolute atomic E-state index is 13.0. The van der Waals surface area contributed by atoms with Crippen molar-refractivity contribution in [2.24, 2.45) is 7.05 Å². The first-order chi connectivity index (χ1) is 14.4. The molecule has 1 saturated heterocycles. The molecule has 2 aromatic carbocycles. The molecule has 30 heavy (non-hydrogen) atoms. The van der Waals surface area contributed by atoms with Gasteiger partial charge in [-0.3, -0.25) is 9.47 Å². The van der Waals surface area contributed by atoms with Crippen LogP contribution in [0, 0.1) is 0 Å². The topological polar surface area (TPSA) is 93.8 Å². The van der Waals surface area contributed by atoms with Gasteiger partial charge >= 0.3 is 5.76 Å². The molecule has 0 aliphatic carbocycles. The Hall–Kier alpha value is -2.62. The van der Waals surface area contributed by atoms with Crippen LogP contribution in [0.15, 0.2) is 56.6 Å². The second-order valence-corrected chi connectivity index (χ2v) is 9.21. The van der Waals surface area contributed by atoms with Crippen LogP contribution in [0.3, 0.4) is 0 Å². The minimum atomic E-state index is -3.78. The summed E-state index contributed by atoms with van der Waals surface area (Å²) < 4.78 is 40.5. The Labute approximate surface area is 175 Å². The number of nitrogens with zero attached hydrogens (tertiary/aromatic N) is 2. The van der Waals surface area contributed by atoms with Crippen LogP contribution in [0.4, 0.5) is 0 Å². The smallest absolute Gasteiger partial charge is 0.419 e. The molecular weight excluding hydrogens is 406 g/mol. The third kappa shape index (κ3) is 4.00. The monoisotopic (exact) mass is 431 g/mol. The molecule has 0 radical (unpaired) electrons. The molecule has 1 unspecified atom stereocenters. The lowest BCUT2D eigenvalue weighted by atomic mass is 10.1. The Morgan fingerprint density at radius 2 is 1.93 bits per heavy atom. The zero-order valence-corrected chi connectivity index (χ0v) is 17.8. The lowest BCUT2D eigenvalue weighted by Gasteiger charge is -2.28. The van der Waals surface area contributed by atoms with Crippen LogP contribution < -0.4 is 15.2 Å². The second-order valence-electron chi connectivity index (χ2n) is 7.44. The van der Waals surface area contributed by atoms with Crippen molar-refractivity contribution >= 4 is 21.1 Å². The van der Waals surface area contributed by atoms with E-state index < -0.39 is 15.8 Å². The molecular formula is C21H25N3O5S. The van der Waals surface area contributed by atoms with Crippen LogP contribution in [-0.2, 0) is 17.1 Å². The summed E-state index contributed by atoms with van der Waals surface area (Å²) in [7, 11) is -0.588. The minimum absolute atomic E-state index is 0.0650. The fourth-order valence-electron chi connectivity index (χ4n) is 3.91. The van der Waals surface area contributed by atoms with Gasteiger partial charge in [0, 0.05) is 25.7 Å². The first-order valence-corrected chi connectivity index (χ1v) is 11.3. The molecule has 3 aromatic rings. The average molecular weight is 432 g/mol. The van der Waals surface area contributed by atoms with E-state index in [0.29, 0.717) is 5.52 Å². The first-order valence-electron chi connectivity index (χ1n) is 9.86. The van der Waals surface area contributed by atoms with E-state index in [2.05, 4.69) is 9.62 Å². The second kappa shape index (κ2) is 8.25. The average Bonchev–Trinajstić information content (AvgIpc) is 3.37. The summed E-state index contributed by atoms with van der Waals surface area (Å²) in [6.07, 6.45) is 2.19. The maximum atomic E-state index is 13.0. The van der Waals surface area contributed by atoms with Gasteiger partial charge < -0.3 is 9.15 Å². The van der Waals surface area contributed by atoms with Crippen LogP contribution in [0.25, 0.3) is 11.1 Å². The van der Waals surface area contributed by atoms with Crippen molar-refractivity contribution in [3.8, 4) is 5.75 Å². The molecule has 1 atom stereocenters. The van der Waals surface area contributed by atoms with E-state index >= 15 is 0 Å². The molecule has 0 amide bonds. The molecule has 1 fully saturated rings. The number of nitrogens with one attached hydrogen (secondary N) is 1. The molecule has 1 aromatic heterocycles. The predicted molar refractivity (Wildman–Crippen MR) is 113 cm³/mol. The highest BCUT2D eigenvalue weighted by Crippen LogP contribution is 2.28. The van der Waals surface area contributed by atoms with E-state index in [4.69, 9.17) is 9.15 Å². The van der Waals surface area contributed by atoms with Crippen molar-refractivity contribution < 1.29 is 17.6 Å². The van der Waals surface area contributed by atoms with Crippen LogP contribution in [0.1, 0.15) is 24.4 Å². The van der Waals surface area contributed by atoms with E-state index in [1.165, 1.54) is 16.7 Å². The summed E-state index contributed by atoms with van der Waals surface area (Å²) in [4.78, 5) is 14.0. The van der Waals surface area contributed by atoms with Gasteiger partial charge in [0.05, 0.1) is 17.5 Å². The van der Waals surface area contributed by atoms with E-state index in [9.17, 15) is 13.2 Å². The highest BCUT2D eigenvalue weighted by molar-refractivity contribution is 7.89. The quantitative estimate of drug-likeness (QED) is 0.617. The Balaban J connectivity index is 1.59. The lowest BCUT2D eigenvalue weighted by molar-refractivity contribution is 0.246. The van der Waals surface area contributed by atoms with Crippen LogP contribution in [-0.4, -0.2) is 44.6 Å². The molecule has 160 valence electrons. The molecule has 1 N–H and O–H groups in total. The van der Waals surface area contributed by atoms with Crippen LogP contribution in [0.2, 0.25) is 0 Å². The van der Waals surface area contributed by atoms with E-state index in [0.717, 1.165) is 37.2 Å². The van der Waals surface area contributed by atoms with Gasteiger partial charge in [-0.1, -0.05) is 12.1 Å². The van der Waals surface area contributed by atoms with Gasteiger partial charge in [0.15, 0.2) is 5.58 Å². The largest absolute Gasteiger partial charge is 0.497 e. The van der Waals surface area contributed by atoms with E-state index in [1.54, 1.807) is 20.2 Å². The molecule has 1 aliphatic rings. The summed E-state index contributed by atoms with van der Waals surface area (Å²) in [5.41, 5.74) is 1.79. The van der Waals surface area contributed by atoms with Gasteiger partial charge in [0.1, 0.15) is 5.75 Å². The van der Waals surface area contributed by atoms with Gasteiger partial charge in [-0.05, 0) is 55.8 Å². The van der Waals surface area contributed by atoms with Crippen molar-refractivity contribution in [1.29, 1.82) is 0 Å². The van der Waals surface area contributed by atoms with Crippen molar-refractivity contribution in [3.05, 3.63) is 58.6 Å². The summed E-state index contributed by atoms with van der Waals surface area (Å²) in [6, 6.07) is 12.1. The molecule has 8 nitrogen and oxygen atoms in total. The maximum Gasteiger partial charge on any atom is 0.419 e. The van der Waals surface area contributed by atoms with Gasteiger partial charge in [-0.15, -0.1) is 0 Å². The Morgan fingerprint density at radius 3 is 2.67 bits per heavy atom. The van der Waals surface area contributed by atoms with Crippen molar-refractivity contribution in [3.63, 3.8) is 0 Å². The van der Waals surface area contributed by atoms with Crippen molar-refractivity contribution in [2.45, 2.75) is 23.8 Å². The minimum Gasteiger partial charge on any atom is -0.497 e. The lowest BCUT2D eigenvalue weighted by Crippen LogP contribution is -2.36. The number of hydrogen-bond acceptors (Lipinski definition) is 6. The summed E-state index contributed by atoms with van der Waals surface area (Å²) in [6.45, 7) is 2.07. The molecule has 0 bridgehead atoms. The van der Waals surface area contributed by atoms with Crippen LogP contribution >= 0.6 is 0 Å². The number of benzene rings is 2. The number of rotatable bonds is 7. The first kappa shape index (κ1) is 20.6. The Bertz CT molecular complexity index is 1210. The molecule has 1 aliphatic heterocycles. The van der Waals surface area contributed by atoms with Gasteiger partial charge in [0.2, 0.25) is 10.0 Å². The number of aromatic nitrogens is 1. The molecule has 0 saturated carbocycles. The summed E-state index contributed by atoms with van der Waals surface area (Å²) in [5, 5.41) is 0. The molecule has 0 spiro atoms. The van der Waals surface area contributed by atoms with Gasteiger partial charge in [0.25, 0.3) is 0 Å². The SMILES string of the molecule is COc1cccc(C(CNS(=O)(=O)c2ccc3c(c2)oc(=O)n3C)N2CCCC2)c1. The molecule has 9 heteroatoms. The highest BCUT2D eigenvalue weighted by Gasteiger charge is 2.26. The standard InChI is InChI=1S/C21H25N3O5S/c1-23-18-9-8-17(13-20(18)29-21(23)25)30(26,27)22-14-19(24-10-3-4-11-24)15-6-5-7-16(12-15)28-2/h5-9,12-13,19,22H,3-4,10-11,14H2,1-2H3. The third-order valence-corrected chi connectivity index (χ3v) is 7.02. The zero-order valence-electron chi connectivity index (χ0n) is 17.0. The highest BCUT2D eigenvalue weighted by atomic mass is 32.2. The number of aryl methyl sites for hydroxylation is 1.